The lowest BCUT2D eigenvalue weighted by Crippen LogP contribution is -2.22. The summed E-state index contributed by atoms with van der Waals surface area (Å²) in [4.78, 5) is 24.1. The Labute approximate surface area is 197 Å². The van der Waals surface area contributed by atoms with Crippen molar-refractivity contribution >= 4 is 33.7 Å². The average Bonchev–Trinajstić information content (AvgIpc) is 3.52. The Morgan fingerprint density at radius 1 is 1.03 bits per heavy atom. The summed E-state index contributed by atoms with van der Waals surface area (Å²) in [5.74, 6) is -0.597. The highest BCUT2D eigenvalue weighted by molar-refractivity contribution is 7.89. The predicted octanol–water partition coefficient (Wildman–Crippen LogP) is 3.44. The van der Waals surface area contributed by atoms with Crippen molar-refractivity contribution in [3.63, 3.8) is 0 Å². The zero-order valence-electron chi connectivity index (χ0n) is 18.3. The predicted molar refractivity (Wildman–Crippen MR) is 126 cm³/mol. The number of ether oxygens (including phenoxy) is 1. The third kappa shape index (κ3) is 6.21. The molecular weight excluding hydrogens is 456 g/mol. The molecule has 0 aliphatic heterocycles. The molecule has 1 heterocycles. The van der Waals surface area contributed by atoms with Gasteiger partial charge in [-0.1, -0.05) is 18.2 Å². The summed E-state index contributed by atoms with van der Waals surface area (Å²) in [6, 6.07) is 15.1. The molecule has 0 saturated heterocycles. The molecule has 2 aromatic carbocycles. The van der Waals surface area contributed by atoms with Gasteiger partial charge < -0.3 is 14.5 Å². The minimum Gasteiger partial charge on any atom is -0.468 e. The second-order valence-electron chi connectivity index (χ2n) is 7.80. The first-order chi connectivity index (χ1) is 16.4. The topological polar surface area (TPSA) is 115 Å². The molecule has 2 N–H and O–H groups in total. The molecule has 1 amide bonds. The number of amides is 1. The maximum absolute atomic E-state index is 12.4. The van der Waals surface area contributed by atoms with E-state index >= 15 is 0 Å². The highest BCUT2D eigenvalue weighted by atomic mass is 32.2. The van der Waals surface area contributed by atoms with E-state index in [1.165, 1.54) is 41.7 Å². The van der Waals surface area contributed by atoms with Gasteiger partial charge in [-0.3, -0.25) is 4.79 Å². The number of sulfonamides is 1. The smallest absolute Gasteiger partial charge is 0.331 e. The van der Waals surface area contributed by atoms with Crippen LogP contribution in [0.15, 0.2) is 76.2 Å². The summed E-state index contributed by atoms with van der Waals surface area (Å²) in [5.41, 5.74) is 3.84. The summed E-state index contributed by atoms with van der Waals surface area (Å²) >= 11 is 0. The maximum atomic E-state index is 12.4. The molecule has 9 heteroatoms. The van der Waals surface area contributed by atoms with E-state index in [-0.39, 0.29) is 11.4 Å². The first kappa shape index (κ1) is 23.5. The average molecular weight is 481 g/mol. The largest absolute Gasteiger partial charge is 0.468 e. The Morgan fingerprint density at radius 2 is 1.82 bits per heavy atom. The molecule has 1 aliphatic rings. The monoisotopic (exact) mass is 480 g/mol. The first-order valence-corrected chi connectivity index (χ1v) is 12.3. The van der Waals surface area contributed by atoms with E-state index in [0.29, 0.717) is 17.0 Å². The quantitative estimate of drug-likeness (QED) is 0.358. The standard InChI is InChI=1S/C25H24N2O6S/c28-24(27-21-10-9-19-3-1-4-20(19)15-21)17-33-25(29)13-8-18-6-11-23(12-7-18)34(30,31)26-16-22-5-2-14-32-22/h2,5-15,26H,1,3-4,16-17H2,(H,27,28). The van der Waals surface area contributed by atoms with Crippen LogP contribution >= 0.6 is 0 Å². The van der Waals surface area contributed by atoms with Gasteiger partial charge >= 0.3 is 5.97 Å². The maximum Gasteiger partial charge on any atom is 0.331 e. The fourth-order valence-corrected chi connectivity index (χ4v) is 4.61. The third-order valence-electron chi connectivity index (χ3n) is 5.35. The zero-order valence-corrected chi connectivity index (χ0v) is 19.1. The van der Waals surface area contributed by atoms with Gasteiger partial charge in [0.1, 0.15) is 5.76 Å². The number of hydrogen-bond donors (Lipinski definition) is 2. The van der Waals surface area contributed by atoms with E-state index in [9.17, 15) is 18.0 Å². The van der Waals surface area contributed by atoms with Crippen LogP contribution in [0.4, 0.5) is 5.69 Å². The molecule has 4 rings (SSSR count). The van der Waals surface area contributed by atoms with Crippen LogP contribution in [0, 0.1) is 0 Å². The molecule has 1 aliphatic carbocycles. The second-order valence-corrected chi connectivity index (χ2v) is 9.57. The van der Waals surface area contributed by atoms with Crippen LogP contribution in [0.5, 0.6) is 0 Å². The highest BCUT2D eigenvalue weighted by Gasteiger charge is 2.14. The third-order valence-corrected chi connectivity index (χ3v) is 6.76. The molecule has 0 radical (unpaired) electrons. The number of rotatable bonds is 9. The summed E-state index contributed by atoms with van der Waals surface area (Å²) in [7, 11) is -3.70. The summed E-state index contributed by atoms with van der Waals surface area (Å²) in [6.45, 7) is -0.359. The Hall–Kier alpha value is -3.69. The molecule has 34 heavy (non-hydrogen) atoms. The minimum absolute atomic E-state index is 0.0445. The van der Waals surface area contributed by atoms with Crippen molar-refractivity contribution in [2.75, 3.05) is 11.9 Å². The van der Waals surface area contributed by atoms with Crippen molar-refractivity contribution in [3.05, 3.63) is 89.4 Å². The van der Waals surface area contributed by atoms with Crippen molar-refractivity contribution in [3.8, 4) is 0 Å². The van der Waals surface area contributed by atoms with E-state index < -0.39 is 28.5 Å². The minimum atomic E-state index is -3.70. The molecular formula is C25H24N2O6S. The number of aryl methyl sites for hydroxylation is 2. The van der Waals surface area contributed by atoms with Crippen molar-refractivity contribution in [1.82, 2.24) is 4.72 Å². The van der Waals surface area contributed by atoms with Crippen molar-refractivity contribution < 1.29 is 27.2 Å². The number of fused-ring (bicyclic) bond motifs is 1. The number of nitrogens with one attached hydrogen (secondary N) is 2. The van der Waals surface area contributed by atoms with Crippen molar-refractivity contribution in [2.45, 2.75) is 30.7 Å². The van der Waals surface area contributed by atoms with Gasteiger partial charge in [0.2, 0.25) is 10.0 Å². The van der Waals surface area contributed by atoms with E-state index in [4.69, 9.17) is 9.15 Å². The molecule has 0 saturated carbocycles. The SMILES string of the molecule is O=C(COC(=O)C=Cc1ccc(S(=O)(=O)NCc2ccco2)cc1)Nc1ccc2c(c1)CCC2. The Kier molecular flexibility index (Phi) is 7.24. The van der Waals surface area contributed by atoms with Gasteiger partial charge in [0.05, 0.1) is 17.7 Å². The fraction of sp³-hybridized carbons (Fsp3) is 0.200. The Bertz CT molecular complexity index is 1300. The van der Waals surface area contributed by atoms with Gasteiger partial charge in [-0.15, -0.1) is 0 Å². The number of benzene rings is 2. The molecule has 176 valence electrons. The Balaban J connectivity index is 1.24. The lowest BCUT2D eigenvalue weighted by atomic mass is 10.1. The lowest BCUT2D eigenvalue weighted by molar-refractivity contribution is -0.142. The molecule has 8 nitrogen and oxygen atoms in total. The van der Waals surface area contributed by atoms with Crippen LogP contribution in [-0.2, 0) is 43.7 Å². The van der Waals surface area contributed by atoms with Crippen LogP contribution in [0.2, 0.25) is 0 Å². The van der Waals surface area contributed by atoms with Crippen LogP contribution < -0.4 is 10.0 Å². The summed E-state index contributed by atoms with van der Waals surface area (Å²) in [6.07, 6.45) is 7.32. The van der Waals surface area contributed by atoms with Gasteiger partial charge in [0.15, 0.2) is 6.61 Å². The number of carbonyl (C=O) groups excluding carboxylic acids is 2. The number of anilines is 1. The molecule has 3 aromatic rings. The first-order valence-electron chi connectivity index (χ1n) is 10.8. The number of carbonyl (C=O) groups is 2. The van der Waals surface area contributed by atoms with Gasteiger partial charge in [0.25, 0.3) is 5.91 Å². The number of esters is 1. The molecule has 0 fully saturated rings. The van der Waals surface area contributed by atoms with Gasteiger partial charge in [-0.05, 0) is 78.4 Å². The normalized spacial score (nSPS) is 13.1. The second kappa shape index (κ2) is 10.5. The summed E-state index contributed by atoms with van der Waals surface area (Å²) in [5, 5.41) is 2.73. The number of furan rings is 1. The molecule has 0 unspecified atom stereocenters. The van der Waals surface area contributed by atoms with Gasteiger partial charge in [-0.2, -0.15) is 0 Å². The van der Waals surface area contributed by atoms with Gasteiger partial charge in [0, 0.05) is 11.8 Å². The number of hydrogen-bond acceptors (Lipinski definition) is 6. The zero-order chi connectivity index (χ0) is 24.0. The highest BCUT2D eigenvalue weighted by Crippen LogP contribution is 2.24. The lowest BCUT2D eigenvalue weighted by Gasteiger charge is -2.07. The van der Waals surface area contributed by atoms with E-state index in [2.05, 4.69) is 10.0 Å². The van der Waals surface area contributed by atoms with Crippen molar-refractivity contribution in [1.29, 1.82) is 0 Å². The van der Waals surface area contributed by atoms with Crippen LogP contribution in [0.1, 0.15) is 28.9 Å². The Morgan fingerprint density at radius 3 is 2.59 bits per heavy atom. The van der Waals surface area contributed by atoms with Crippen LogP contribution in [0.3, 0.4) is 0 Å². The van der Waals surface area contributed by atoms with E-state index in [1.807, 2.05) is 18.2 Å². The van der Waals surface area contributed by atoms with Crippen LogP contribution in [0.25, 0.3) is 6.08 Å². The molecule has 0 spiro atoms. The van der Waals surface area contributed by atoms with Crippen LogP contribution in [-0.4, -0.2) is 26.9 Å². The molecule has 0 bridgehead atoms. The van der Waals surface area contributed by atoms with E-state index in [1.54, 1.807) is 24.3 Å². The van der Waals surface area contributed by atoms with Gasteiger partial charge in [-0.25, -0.2) is 17.9 Å². The fourth-order valence-electron chi connectivity index (χ4n) is 3.62. The summed E-state index contributed by atoms with van der Waals surface area (Å²) < 4.78 is 37.3. The molecule has 1 aromatic heterocycles. The van der Waals surface area contributed by atoms with E-state index in [0.717, 1.165) is 19.3 Å². The molecule has 0 atom stereocenters. The van der Waals surface area contributed by atoms with Crippen molar-refractivity contribution in [2.24, 2.45) is 0 Å².